The molecule has 174 valence electrons. The maximum atomic E-state index is 13.6. The summed E-state index contributed by atoms with van der Waals surface area (Å²) in [6.07, 6.45) is 0. The molecule has 0 aromatic heterocycles. The number of hydrogen-bond donors (Lipinski definition) is 1. The van der Waals surface area contributed by atoms with Crippen molar-refractivity contribution >= 4 is 21.6 Å². The largest absolute Gasteiger partial charge is 0.496 e. The Morgan fingerprint density at radius 2 is 1.64 bits per heavy atom. The Morgan fingerprint density at radius 1 is 0.970 bits per heavy atom. The van der Waals surface area contributed by atoms with Crippen molar-refractivity contribution in [2.24, 2.45) is 0 Å². The van der Waals surface area contributed by atoms with Crippen LogP contribution in [0.5, 0.6) is 5.75 Å². The van der Waals surface area contributed by atoms with Crippen LogP contribution in [0, 0.1) is 20.8 Å². The zero-order valence-electron chi connectivity index (χ0n) is 19.6. The molecule has 0 aliphatic carbocycles. The van der Waals surface area contributed by atoms with Gasteiger partial charge in [0.1, 0.15) is 12.3 Å². The fourth-order valence-electron chi connectivity index (χ4n) is 3.55. The number of nitrogens with one attached hydrogen (secondary N) is 1. The van der Waals surface area contributed by atoms with E-state index in [2.05, 4.69) is 5.32 Å². The number of carbonyl (C=O) groups excluding carboxylic acids is 1. The summed E-state index contributed by atoms with van der Waals surface area (Å²) in [4.78, 5) is 13.2. The number of aryl methyl sites for hydroxylation is 3. The first-order chi connectivity index (χ1) is 15.6. The number of carbonyl (C=O) groups is 1. The van der Waals surface area contributed by atoms with Gasteiger partial charge in [0.25, 0.3) is 10.0 Å². The molecule has 0 bridgehead atoms. The number of nitrogens with zero attached hydrogens (tertiary/aromatic N) is 1. The number of rotatable bonds is 8. The molecule has 1 N–H and O–H groups in total. The van der Waals surface area contributed by atoms with Crippen molar-refractivity contribution in [3.8, 4) is 5.75 Å². The number of sulfonamides is 1. The van der Waals surface area contributed by atoms with E-state index in [0.29, 0.717) is 11.4 Å². The topological polar surface area (TPSA) is 75.7 Å². The Morgan fingerprint density at radius 3 is 2.27 bits per heavy atom. The van der Waals surface area contributed by atoms with Gasteiger partial charge in [-0.1, -0.05) is 42.0 Å². The average Bonchev–Trinajstić information content (AvgIpc) is 2.79. The molecular formula is C26H30N2O4S. The lowest BCUT2D eigenvalue weighted by molar-refractivity contribution is -0.120. The number of anilines is 1. The third-order valence-corrected chi connectivity index (χ3v) is 7.45. The monoisotopic (exact) mass is 466 g/mol. The standard InChI is InChI=1S/C26H30N2O4S/c1-18-10-14-23(15-11-18)33(30,31)28(22-13-12-19(2)20(3)16-22)17-26(29)27-21(4)24-8-6-7-9-25(24)32-5/h6-16,21H,17H2,1-5H3,(H,27,29). The lowest BCUT2D eigenvalue weighted by Crippen LogP contribution is -2.41. The van der Waals surface area contributed by atoms with Gasteiger partial charge in [-0.2, -0.15) is 0 Å². The molecular weight excluding hydrogens is 436 g/mol. The summed E-state index contributed by atoms with van der Waals surface area (Å²) in [6, 6.07) is 19.0. The third kappa shape index (κ3) is 5.54. The zero-order valence-corrected chi connectivity index (χ0v) is 20.4. The van der Waals surface area contributed by atoms with E-state index in [0.717, 1.165) is 26.6 Å². The fourth-order valence-corrected chi connectivity index (χ4v) is 4.97. The smallest absolute Gasteiger partial charge is 0.264 e. The molecule has 0 aliphatic heterocycles. The minimum atomic E-state index is -3.96. The highest BCUT2D eigenvalue weighted by molar-refractivity contribution is 7.92. The first kappa shape index (κ1) is 24.3. The van der Waals surface area contributed by atoms with Gasteiger partial charge < -0.3 is 10.1 Å². The minimum absolute atomic E-state index is 0.136. The van der Waals surface area contributed by atoms with E-state index in [4.69, 9.17) is 4.74 Å². The molecule has 7 heteroatoms. The van der Waals surface area contributed by atoms with Crippen molar-refractivity contribution in [2.45, 2.75) is 38.6 Å². The molecule has 1 atom stereocenters. The van der Waals surface area contributed by atoms with Crippen LogP contribution in [-0.4, -0.2) is 28.0 Å². The van der Waals surface area contributed by atoms with Gasteiger partial charge in [-0.05, 0) is 69.2 Å². The van der Waals surface area contributed by atoms with Crippen molar-refractivity contribution in [3.05, 3.63) is 89.0 Å². The average molecular weight is 467 g/mol. The molecule has 3 aromatic carbocycles. The zero-order chi connectivity index (χ0) is 24.2. The first-order valence-corrected chi connectivity index (χ1v) is 12.2. The summed E-state index contributed by atoms with van der Waals surface area (Å²) in [5, 5.41) is 2.90. The van der Waals surface area contributed by atoms with Crippen LogP contribution in [0.3, 0.4) is 0 Å². The predicted octanol–water partition coefficient (Wildman–Crippen LogP) is 4.69. The first-order valence-electron chi connectivity index (χ1n) is 10.7. The molecule has 0 spiro atoms. The van der Waals surface area contributed by atoms with Crippen LogP contribution in [0.2, 0.25) is 0 Å². The van der Waals surface area contributed by atoms with Gasteiger partial charge in [0.05, 0.1) is 23.7 Å². The van der Waals surface area contributed by atoms with Crippen LogP contribution >= 0.6 is 0 Å². The number of para-hydroxylation sites is 1. The van der Waals surface area contributed by atoms with Crippen LogP contribution in [0.25, 0.3) is 0 Å². The molecule has 1 unspecified atom stereocenters. The fraction of sp³-hybridized carbons (Fsp3) is 0.269. The maximum absolute atomic E-state index is 13.6. The summed E-state index contributed by atoms with van der Waals surface area (Å²) < 4.78 is 33.7. The van der Waals surface area contributed by atoms with E-state index in [1.807, 2.05) is 58.0 Å². The molecule has 3 aromatic rings. The summed E-state index contributed by atoms with van der Waals surface area (Å²) in [7, 11) is -2.39. The van der Waals surface area contributed by atoms with Gasteiger partial charge in [-0.3, -0.25) is 9.10 Å². The molecule has 0 saturated heterocycles. The lowest BCUT2D eigenvalue weighted by Gasteiger charge is -2.26. The number of methoxy groups -OCH3 is 1. The van der Waals surface area contributed by atoms with E-state index in [1.54, 1.807) is 43.5 Å². The van der Waals surface area contributed by atoms with Crippen molar-refractivity contribution in [1.82, 2.24) is 5.32 Å². The Labute approximate surface area is 196 Å². The third-order valence-electron chi connectivity index (χ3n) is 5.66. The number of amides is 1. The van der Waals surface area contributed by atoms with E-state index in [1.165, 1.54) is 0 Å². The van der Waals surface area contributed by atoms with Crippen LogP contribution < -0.4 is 14.4 Å². The summed E-state index contributed by atoms with van der Waals surface area (Å²) in [6.45, 7) is 7.26. The normalized spacial score (nSPS) is 12.2. The van der Waals surface area contributed by atoms with E-state index >= 15 is 0 Å². The SMILES string of the molecule is COc1ccccc1C(C)NC(=O)CN(c1ccc(C)c(C)c1)S(=O)(=O)c1ccc(C)cc1. The molecule has 0 fully saturated rings. The summed E-state index contributed by atoms with van der Waals surface area (Å²) >= 11 is 0. The Balaban J connectivity index is 1.93. The molecule has 33 heavy (non-hydrogen) atoms. The lowest BCUT2D eigenvalue weighted by atomic mass is 10.1. The molecule has 1 amide bonds. The van der Waals surface area contributed by atoms with Gasteiger partial charge in [0.2, 0.25) is 5.91 Å². The second kappa shape index (κ2) is 10.1. The second-order valence-electron chi connectivity index (χ2n) is 8.12. The van der Waals surface area contributed by atoms with Crippen LogP contribution in [0.15, 0.2) is 71.6 Å². The molecule has 0 radical (unpaired) electrons. The Hall–Kier alpha value is -3.32. The number of hydrogen-bond acceptors (Lipinski definition) is 4. The van der Waals surface area contributed by atoms with Crippen LogP contribution in [0.4, 0.5) is 5.69 Å². The molecule has 0 heterocycles. The number of benzene rings is 3. The van der Waals surface area contributed by atoms with Gasteiger partial charge in [-0.15, -0.1) is 0 Å². The van der Waals surface area contributed by atoms with Gasteiger partial charge in [0.15, 0.2) is 0 Å². The van der Waals surface area contributed by atoms with Gasteiger partial charge in [-0.25, -0.2) is 8.42 Å². The van der Waals surface area contributed by atoms with Crippen molar-refractivity contribution in [1.29, 1.82) is 0 Å². The van der Waals surface area contributed by atoms with Crippen LogP contribution in [-0.2, 0) is 14.8 Å². The molecule has 6 nitrogen and oxygen atoms in total. The van der Waals surface area contributed by atoms with Gasteiger partial charge >= 0.3 is 0 Å². The summed E-state index contributed by atoms with van der Waals surface area (Å²) in [5.74, 6) is 0.242. The molecule has 3 rings (SSSR count). The van der Waals surface area contributed by atoms with E-state index < -0.39 is 15.9 Å². The summed E-state index contributed by atoms with van der Waals surface area (Å²) in [5.41, 5.74) is 4.20. The minimum Gasteiger partial charge on any atom is -0.496 e. The highest BCUT2D eigenvalue weighted by Crippen LogP contribution is 2.27. The predicted molar refractivity (Wildman–Crippen MR) is 131 cm³/mol. The maximum Gasteiger partial charge on any atom is 0.264 e. The van der Waals surface area contributed by atoms with Crippen molar-refractivity contribution in [2.75, 3.05) is 18.0 Å². The Bertz CT molecular complexity index is 1240. The molecule has 0 aliphatic rings. The van der Waals surface area contributed by atoms with Crippen LogP contribution in [0.1, 0.15) is 35.2 Å². The van der Waals surface area contributed by atoms with E-state index in [9.17, 15) is 13.2 Å². The Kier molecular flexibility index (Phi) is 7.43. The quantitative estimate of drug-likeness (QED) is 0.522. The van der Waals surface area contributed by atoms with Crippen molar-refractivity contribution in [3.63, 3.8) is 0 Å². The second-order valence-corrected chi connectivity index (χ2v) is 9.99. The van der Waals surface area contributed by atoms with Gasteiger partial charge in [0, 0.05) is 5.56 Å². The van der Waals surface area contributed by atoms with Crippen molar-refractivity contribution < 1.29 is 17.9 Å². The molecule has 0 saturated carbocycles. The highest BCUT2D eigenvalue weighted by Gasteiger charge is 2.28. The number of ether oxygens (including phenoxy) is 1. The highest BCUT2D eigenvalue weighted by atomic mass is 32.2. The van der Waals surface area contributed by atoms with E-state index in [-0.39, 0.29) is 17.5 Å².